The number of carbonyl (C=O) groups is 1. The zero-order valence-corrected chi connectivity index (χ0v) is 14.6. The molecule has 1 aromatic carbocycles. The third-order valence-corrected chi connectivity index (χ3v) is 3.82. The predicted octanol–water partition coefficient (Wildman–Crippen LogP) is 3.80. The van der Waals surface area contributed by atoms with Crippen LogP contribution in [-0.4, -0.2) is 15.7 Å². The Balaban J connectivity index is 1.87. The van der Waals surface area contributed by atoms with Crippen LogP contribution in [0.2, 0.25) is 10.0 Å². The highest BCUT2D eigenvalue weighted by atomic mass is 127. The molecule has 0 aliphatic rings. The molecular weight excluding hydrogens is 426 g/mol. The van der Waals surface area contributed by atoms with Crippen molar-refractivity contribution in [3.05, 3.63) is 38.1 Å². The van der Waals surface area contributed by atoms with Gasteiger partial charge in [-0.25, -0.2) is 0 Å². The number of benzene rings is 1. The average molecular weight is 439 g/mol. The van der Waals surface area contributed by atoms with E-state index in [9.17, 15) is 4.79 Å². The first kappa shape index (κ1) is 16.4. The molecule has 3 N–H and O–H groups in total. The number of aromatic nitrogens is 2. The highest BCUT2D eigenvalue weighted by Crippen LogP contribution is 2.32. The molecule has 2 aromatic rings. The van der Waals surface area contributed by atoms with Crippen molar-refractivity contribution in [3.63, 3.8) is 0 Å². The maximum absolute atomic E-state index is 11.9. The van der Waals surface area contributed by atoms with Crippen LogP contribution in [-0.2, 0) is 11.3 Å². The molecule has 112 valence electrons. The van der Waals surface area contributed by atoms with Gasteiger partial charge >= 0.3 is 0 Å². The molecule has 0 spiro atoms. The summed E-state index contributed by atoms with van der Waals surface area (Å²) >= 11 is 14.0. The minimum absolute atomic E-state index is 0.146. The van der Waals surface area contributed by atoms with Crippen molar-refractivity contribution < 1.29 is 4.79 Å². The number of nitrogen functional groups attached to an aromatic ring is 1. The Kier molecular flexibility index (Phi) is 5.72. The molecule has 5 nitrogen and oxygen atoms in total. The summed E-state index contributed by atoms with van der Waals surface area (Å²) in [4.78, 5) is 11.9. The van der Waals surface area contributed by atoms with E-state index in [0.717, 1.165) is 3.57 Å². The van der Waals surface area contributed by atoms with E-state index < -0.39 is 0 Å². The van der Waals surface area contributed by atoms with Crippen molar-refractivity contribution in [1.29, 1.82) is 0 Å². The van der Waals surface area contributed by atoms with Crippen LogP contribution in [0.4, 0.5) is 11.4 Å². The smallest absolute Gasteiger partial charge is 0.224 e. The topological polar surface area (TPSA) is 72.9 Å². The lowest BCUT2D eigenvalue weighted by Gasteiger charge is -2.10. The number of amides is 1. The number of nitrogens with zero attached hydrogens (tertiary/aromatic N) is 2. The fraction of sp³-hybridized carbons (Fsp3) is 0.231. The summed E-state index contributed by atoms with van der Waals surface area (Å²) in [7, 11) is 0. The third kappa shape index (κ3) is 4.76. The Hall–Kier alpha value is -0.990. The lowest BCUT2D eigenvalue weighted by atomic mass is 10.2. The molecule has 0 aliphatic heterocycles. The van der Waals surface area contributed by atoms with Gasteiger partial charge in [-0.05, 0) is 41.1 Å². The monoisotopic (exact) mass is 438 g/mol. The van der Waals surface area contributed by atoms with Crippen LogP contribution in [0.25, 0.3) is 0 Å². The molecule has 8 heteroatoms. The van der Waals surface area contributed by atoms with Crippen molar-refractivity contribution in [2.24, 2.45) is 0 Å². The minimum Gasteiger partial charge on any atom is -0.397 e. The van der Waals surface area contributed by atoms with Crippen LogP contribution in [0, 0.1) is 3.57 Å². The zero-order chi connectivity index (χ0) is 15.4. The highest BCUT2D eigenvalue weighted by molar-refractivity contribution is 14.1. The van der Waals surface area contributed by atoms with Crippen LogP contribution >= 0.6 is 45.8 Å². The minimum atomic E-state index is -0.146. The van der Waals surface area contributed by atoms with Gasteiger partial charge in [-0.3, -0.25) is 9.48 Å². The summed E-state index contributed by atoms with van der Waals surface area (Å²) in [5.41, 5.74) is 6.55. The molecule has 0 fully saturated rings. The summed E-state index contributed by atoms with van der Waals surface area (Å²) in [5, 5.41) is 7.63. The molecule has 0 bridgehead atoms. The first-order chi connectivity index (χ1) is 9.95. The van der Waals surface area contributed by atoms with E-state index in [4.69, 9.17) is 28.9 Å². The number of hydrogen-bond donors (Lipinski definition) is 2. The lowest BCUT2D eigenvalue weighted by molar-refractivity contribution is -0.116. The molecule has 0 radical (unpaired) electrons. The molecular formula is C13H13Cl2IN4O. The van der Waals surface area contributed by atoms with Gasteiger partial charge in [0.05, 0.1) is 26.2 Å². The van der Waals surface area contributed by atoms with Crippen LogP contribution in [0.3, 0.4) is 0 Å². The SMILES string of the molecule is Nc1cc(Cl)cc(Cl)c1NC(=O)CCCn1cc(I)cn1. The van der Waals surface area contributed by atoms with Gasteiger partial charge in [0.15, 0.2) is 0 Å². The molecule has 1 aromatic heterocycles. The Morgan fingerprint density at radius 2 is 2.19 bits per heavy atom. The number of carbonyl (C=O) groups excluding carboxylic acids is 1. The van der Waals surface area contributed by atoms with Gasteiger partial charge in [-0.1, -0.05) is 23.2 Å². The van der Waals surface area contributed by atoms with E-state index >= 15 is 0 Å². The second kappa shape index (κ2) is 7.33. The van der Waals surface area contributed by atoms with Gasteiger partial charge in [0.25, 0.3) is 0 Å². The first-order valence-electron chi connectivity index (χ1n) is 6.18. The number of nitrogens with two attached hydrogens (primary N) is 1. The van der Waals surface area contributed by atoms with Gasteiger partial charge in [0.1, 0.15) is 0 Å². The fourth-order valence-corrected chi connectivity index (χ4v) is 2.79. The number of aryl methyl sites for hydroxylation is 1. The van der Waals surface area contributed by atoms with Crippen molar-refractivity contribution in [2.75, 3.05) is 11.1 Å². The van der Waals surface area contributed by atoms with E-state index in [1.807, 2.05) is 6.20 Å². The normalized spacial score (nSPS) is 10.6. The fourth-order valence-electron chi connectivity index (χ4n) is 1.79. The number of hydrogen-bond acceptors (Lipinski definition) is 3. The zero-order valence-electron chi connectivity index (χ0n) is 10.9. The maximum atomic E-state index is 11.9. The number of nitrogens with one attached hydrogen (secondary N) is 1. The molecule has 1 heterocycles. The van der Waals surface area contributed by atoms with Gasteiger partial charge < -0.3 is 11.1 Å². The van der Waals surface area contributed by atoms with Crippen molar-refractivity contribution in [2.45, 2.75) is 19.4 Å². The third-order valence-electron chi connectivity index (χ3n) is 2.74. The largest absolute Gasteiger partial charge is 0.397 e. The second-order valence-corrected chi connectivity index (χ2v) is 6.51. The quantitative estimate of drug-likeness (QED) is 0.550. The lowest BCUT2D eigenvalue weighted by Crippen LogP contribution is -2.14. The Labute approximate surface area is 145 Å². The summed E-state index contributed by atoms with van der Waals surface area (Å²) in [5.74, 6) is -0.146. The molecule has 2 rings (SSSR count). The molecule has 0 saturated carbocycles. The van der Waals surface area contributed by atoms with Crippen molar-refractivity contribution >= 4 is 63.1 Å². The second-order valence-electron chi connectivity index (χ2n) is 4.43. The summed E-state index contributed by atoms with van der Waals surface area (Å²) < 4.78 is 2.87. The standard InChI is InChI=1S/C13H13Cl2IN4O/c14-8-4-10(15)13(11(17)5-8)19-12(21)2-1-3-20-7-9(16)6-18-20/h4-7H,1-3,17H2,(H,19,21). The molecule has 0 atom stereocenters. The van der Waals surface area contributed by atoms with E-state index in [1.54, 1.807) is 23.0 Å². The Morgan fingerprint density at radius 3 is 2.81 bits per heavy atom. The summed E-state index contributed by atoms with van der Waals surface area (Å²) in [6.07, 6.45) is 4.73. The van der Waals surface area contributed by atoms with Crippen molar-refractivity contribution in [1.82, 2.24) is 9.78 Å². The Morgan fingerprint density at radius 1 is 1.43 bits per heavy atom. The average Bonchev–Trinajstić information content (AvgIpc) is 2.79. The summed E-state index contributed by atoms with van der Waals surface area (Å²) in [6, 6.07) is 3.09. The van der Waals surface area contributed by atoms with Crippen LogP contribution in [0.5, 0.6) is 0 Å². The first-order valence-corrected chi connectivity index (χ1v) is 8.01. The number of rotatable bonds is 5. The van der Waals surface area contributed by atoms with Crippen LogP contribution in [0.15, 0.2) is 24.5 Å². The molecule has 21 heavy (non-hydrogen) atoms. The van der Waals surface area contributed by atoms with Gasteiger partial charge in [-0.15, -0.1) is 0 Å². The van der Waals surface area contributed by atoms with E-state index in [0.29, 0.717) is 40.8 Å². The Bertz CT molecular complexity index is 636. The van der Waals surface area contributed by atoms with Gasteiger partial charge in [0, 0.05) is 24.2 Å². The maximum Gasteiger partial charge on any atom is 0.224 e. The number of halogens is 3. The predicted molar refractivity (Wildman–Crippen MR) is 93.7 cm³/mol. The highest BCUT2D eigenvalue weighted by Gasteiger charge is 2.10. The van der Waals surface area contributed by atoms with E-state index in [1.165, 1.54) is 0 Å². The number of anilines is 2. The molecule has 0 aliphatic carbocycles. The van der Waals surface area contributed by atoms with Gasteiger partial charge in [0.2, 0.25) is 5.91 Å². The van der Waals surface area contributed by atoms with Crippen LogP contribution in [0.1, 0.15) is 12.8 Å². The molecule has 0 saturated heterocycles. The van der Waals surface area contributed by atoms with E-state index in [-0.39, 0.29) is 5.91 Å². The van der Waals surface area contributed by atoms with Crippen LogP contribution < -0.4 is 11.1 Å². The molecule has 0 unspecified atom stereocenters. The van der Waals surface area contributed by atoms with Gasteiger partial charge in [-0.2, -0.15) is 5.10 Å². The van der Waals surface area contributed by atoms with Crippen molar-refractivity contribution in [3.8, 4) is 0 Å². The van der Waals surface area contributed by atoms with E-state index in [2.05, 4.69) is 33.0 Å². The summed E-state index contributed by atoms with van der Waals surface area (Å²) in [6.45, 7) is 0.681. The molecule has 1 amide bonds.